The van der Waals surface area contributed by atoms with Crippen LogP contribution in [-0.2, 0) is 17.8 Å². The fraction of sp³-hybridized carbons (Fsp3) is 0.316. The van der Waals surface area contributed by atoms with E-state index in [2.05, 4.69) is 0 Å². The van der Waals surface area contributed by atoms with Crippen LogP contribution in [0.4, 0.5) is 8.78 Å². The van der Waals surface area contributed by atoms with E-state index in [1.54, 1.807) is 24.3 Å². The fourth-order valence-electron chi connectivity index (χ4n) is 3.43. The summed E-state index contributed by atoms with van der Waals surface area (Å²) in [5.74, 6) is -1.51. The van der Waals surface area contributed by atoms with E-state index in [1.807, 2.05) is 4.90 Å². The van der Waals surface area contributed by atoms with Gasteiger partial charge in [-0.2, -0.15) is 0 Å². The molecule has 0 bridgehead atoms. The van der Waals surface area contributed by atoms with Gasteiger partial charge in [0.1, 0.15) is 17.2 Å². The Hall–Kier alpha value is -2.27. The topological polar surface area (TPSA) is 40.5 Å². The molecule has 1 saturated heterocycles. The number of nitrogens with zero attached hydrogens (tertiary/aromatic N) is 1. The first-order valence-corrected chi connectivity index (χ1v) is 7.97. The van der Waals surface area contributed by atoms with Crippen molar-refractivity contribution in [3.8, 4) is 0 Å². The Labute approximate surface area is 139 Å². The molecule has 0 aliphatic carbocycles. The smallest absolute Gasteiger partial charge is 0.324 e. The molecular formula is C19H19F2NO2. The van der Waals surface area contributed by atoms with E-state index in [0.29, 0.717) is 25.9 Å². The average molecular weight is 331 g/mol. The predicted molar refractivity (Wildman–Crippen MR) is 86.5 cm³/mol. The number of carboxylic acids is 1. The van der Waals surface area contributed by atoms with Crippen molar-refractivity contribution in [2.45, 2.75) is 31.3 Å². The molecule has 2 aromatic rings. The van der Waals surface area contributed by atoms with E-state index in [0.717, 1.165) is 17.5 Å². The van der Waals surface area contributed by atoms with Crippen molar-refractivity contribution < 1.29 is 18.7 Å². The maximum atomic E-state index is 13.1. The maximum Gasteiger partial charge on any atom is 0.324 e. The van der Waals surface area contributed by atoms with Crippen LogP contribution >= 0.6 is 0 Å². The Morgan fingerprint density at radius 3 is 2.08 bits per heavy atom. The summed E-state index contributed by atoms with van der Waals surface area (Å²) < 4.78 is 26.2. The van der Waals surface area contributed by atoms with Crippen LogP contribution in [-0.4, -0.2) is 28.1 Å². The third kappa shape index (κ3) is 3.31. The number of hydrogen-bond acceptors (Lipinski definition) is 2. The molecule has 1 atom stereocenters. The lowest BCUT2D eigenvalue weighted by Gasteiger charge is -2.35. The summed E-state index contributed by atoms with van der Waals surface area (Å²) in [7, 11) is 0. The standard InChI is InChI=1S/C19H19F2NO2/c20-16-6-2-14(3-7-16)12-19(18(23)24)10-1-11-22(19)13-15-4-8-17(21)9-5-15/h2-9H,1,10-13H2,(H,23,24)/t19-/m1/s1. The van der Waals surface area contributed by atoms with Crippen LogP contribution in [0.3, 0.4) is 0 Å². The zero-order valence-electron chi connectivity index (χ0n) is 13.2. The van der Waals surface area contributed by atoms with Crippen molar-refractivity contribution >= 4 is 5.97 Å². The molecule has 1 aliphatic rings. The molecular weight excluding hydrogens is 312 g/mol. The Balaban J connectivity index is 1.85. The Morgan fingerprint density at radius 2 is 1.54 bits per heavy atom. The molecule has 0 amide bonds. The highest BCUT2D eigenvalue weighted by atomic mass is 19.1. The summed E-state index contributed by atoms with van der Waals surface area (Å²) in [6.07, 6.45) is 1.65. The molecule has 24 heavy (non-hydrogen) atoms. The van der Waals surface area contributed by atoms with Crippen molar-refractivity contribution in [3.05, 3.63) is 71.3 Å². The zero-order chi connectivity index (χ0) is 17.2. The number of hydrogen-bond donors (Lipinski definition) is 1. The molecule has 1 N–H and O–H groups in total. The highest BCUT2D eigenvalue weighted by Gasteiger charge is 2.47. The van der Waals surface area contributed by atoms with Crippen LogP contribution in [0.25, 0.3) is 0 Å². The van der Waals surface area contributed by atoms with E-state index >= 15 is 0 Å². The van der Waals surface area contributed by atoms with Gasteiger partial charge in [-0.05, 0) is 54.8 Å². The molecule has 0 aromatic heterocycles. The molecule has 0 radical (unpaired) electrons. The molecule has 1 aliphatic heterocycles. The minimum absolute atomic E-state index is 0.309. The Morgan fingerprint density at radius 1 is 1.00 bits per heavy atom. The van der Waals surface area contributed by atoms with Crippen molar-refractivity contribution in [3.63, 3.8) is 0 Å². The maximum absolute atomic E-state index is 13.1. The Bertz CT molecular complexity index is 715. The van der Waals surface area contributed by atoms with Crippen LogP contribution in [0.5, 0.6) is 0 Å². The number of carboxylic acid groups (broad SMARTS) is 1. The van der Waals surface area contributed by atoms with Crippen molar-refractivity contribution in [1.82, 2.24) is 4.90 Å². The van der Waals surface area contributed by atoms with Gasteiger partial charge in [0.25, 0.3) is 0 Å². The van der Waals surface area contributed by atoms with Gasteiger partial charge in [0.15, 0.2) is 0 Å². The number of aliphatic carboxylic acids is 1. The van der Waals surface area contributed by atoms with Crippen LogP contribution in [0.2, 0.25) is 0 Å². The van der Waals surface area contributed by atoms with E-state index in [4.69, 9.17) is 0 Å². The fourth-order valence-corrected chi connectivity index (χ4v) is 3.43. The van der Waals surface area contributed by atoms with E-state index in [-0.39, 0.29) is 11.6 Å². The van der Waals surface area contributed by atoms with Crippen LogP contribution in [0, 0.1) is 11.6 Å². The minimum Gasteiger partial charge on any atom is -0.480 e. The van der Waals surface area contributed by atoms with Gasteiger partial charge in [-0.1, -0.05) is 24.3 Å². The number of carbonyl (C=O) groups is 1. The van der Waals surface area contributed by atoms with Gasteiger partial charge < -0.3 is 5.11 Å². The molecule has 5 heteroatoms. The summed E-state index contributed by atoms with van der Waals surface area (Å²) >= 11 is 0. The molecule has 0 spiro atoms. The zero-order valence-corrected chi connectivity index (χ0v) is 13.2. The monoisotopic (exact) mass is 331 g/mol. The third-order valence-corrected chi connectivity index (χ3v) is 4.72. The molecule has 0 saturated carbocycles. The van der Waals surface area contributed by atoms with Gasteiger partial charge in [-0.25, -0.2) is 8.78 Å². The Kier molecular flexibility index (Phi) is 4.62. The molecule has 1 fully saturated rings. The van der Waals surface area contributed by atoms with Gasteiger partial charge >= 0.3 is 5.97 Å². The van der Waals surface area contributed by atoms with Gasteiger partial charge in [-0.3, -0.25) is 9.69 Å². The number of benzene rings is 2. The summed E-state index contributed by atoms with van der Waals surface area (Å²) in [6, 6.07) is 12.1. The van der Waals surface area contributed by atoms with Gasteiger partial charge in [0, 0.05) is 13.0 Å². The molecule has 3 rings (SSSR count). The quantitative estimate of drug-likeness (QED) is 0.909. The second-order valence-electron chi connectivity index (χ2n) is 6.29. The lowest BCUT2D eigenvalue weighted by molar-refractivity contribution is -0.150. The van der Waals surface area contributed by atoms with E-state index in [9.17, 15) is 18.7 Å². The molecule has 0 unspecified atom stereocenters. The highest BCUT2D eigenvalue weighted by molar-refractivity contribution is 5.79. The second kappa shape index (κ2) is 6.69. The predicted octanol–water partition coefficient (Wildman–Crippen LogP) is 3.63. The van der Waals surface area contributed by atoms with Crippen molar-refractivity contribution in [1.29, 1.82) is 0 Å². The molecule has 1 heterocycles. The normalized spacial score (nSPS) is 21.1. The van der Waals surface area contributed by atoms with Crippen LogP contribution in [0.15, 0.2) is 48.5 Å². The SMILES string of the molecule is O=C(O)[C@]1(Cc2ccc(F)cc2)CCCN1Cc1ccc(F)cc1. The second-order valence-corrected chi connectivity index (χ2v) is 6.29. The van der Waals surface area contributed by atoms with Crippen LogP contribution in [0.1, 0.15) is 24.0 Å². The third-order valence-electron chi connectivity index (χ3n) is 4.72. The number of rotatable bonds is 5. The molecule has 2 aromatic carbocycles. The first-order valence-electron chi connectivity index (χ1n) is 7.97. The lowest BCUT2D eigenvalue weighted by Crippen LogP contribution is -2.51. The molecule has 126 valence electrons. The summed E-state index contributed by atoms with van der Waals surface area (Å²) in [5, 5.41) is 9.90. The highest BCUT2D eigenvalue weighted by Crippen LogP contribution is 2.34. The van der Waals surface area contributed by atoms with E-state index in [1.165, 1.54) is 24.3 Å². The summed E-state index contributed by atoms with van der Waals surface area (Å²) in [6.45, 7) is 1.12. The number of likely N-dealkylation sites (tertiary alicyclic amines) is 1. The van der Waals surface area contributed by atoms with Gasteiger partial charge in [0.05, 0.1) is 0 Å². The lowest BCUT2D eigenvalue weighted by atomic mass is 9.88. The summed E-state index contributed by atoms with van der Waals surface area (Å²) in [4.78, 5) is 14.0. The minimum atomic E-state index is -1.01. The van der Waals surface area contributed by atoms with E-state index < -0.39 is 11.5 Å². The summed E-state index contributed by atoms with van der Waals surface area (Å²) in [5.41, 5.74) is 0.666. The molecule has 3 nitrogen and oxygen atoms in total. The van der Waals surface area contributed by atoms with Gasteiger partial charge in [-0.15, -0.1) is 0 Å². The van der Waals surface area contributed by atoms with Crippen LogP contribution < -0.4 is 0 Å². The number of halogens is 2. The van der Waals surface area contributed by atoms with Gasteiger partial charge in [0.2, 0.25) is 0 Å². The average Bonchev–Trinajstić information content (AvgIpc) is 2.96. The van der Waals surface area contributed by atoms with Crippen molar-refractivity contribution in [2.24, 2.45) is 0 Å². The van der Waals surface area contributed by atoms with Crippen molar-refractivity contribution in [2.75, 3.05) is 6.54 Å². The first kappa shape index (κ1) is 16.6. The first-order chi connectivity index (χ1) is 11.5. The largest absolute Gasteiger partial charge is 0.480 e.